The van der Waals surface area contributed by atoms with Crippen LogP contribution in [0, 0.1) is 5.41 Å². The molecule has 1 aliphatic rings. The summed E-state index contributed by atoms with van der Waals surface area (Å²) in [4.78, 5) is 0. The van der Waals surface area contributed by atoms with Crippen molar-refractivity contribution < 1.29 is 4.74 Å². The maximum absolute atomic E-state index is 6.12. The van der Waals surface area contributed by atoms with Gasteiger partial charge in [-0.05, 0) is 49.9 Å². The lowest BCUT2D eigenvalue weighted by Gasteiger charge is -2.15. The summed E-state index contributed by atoms with van der Waals surface area (Å²) in [6.07, 6.45) is 2.45. The molecule has 0 heterocycles. The van der Waals surface area contributed by atoms with Gasteiger partial charge in [-0.3, -0.25) is 0 Å². The number of nitrogens with one attached hydrogen (secondary N) is 1. The molecule has 0 radical (unpaired) electrons. The monoisotopic (exact) mass is 254 g/mol. The average molecular weight is 255 g/mol. The molecular formula is C13H19ClN2O. The van der Waals surface area contributed by atoms with Crippen LogP contribution in [-0.2, 0) is 0 Å². The van der Waals surface area contributed by atoms with Gasteiger partial charge in [0.2, 0.25) is 0 Å². The molecule has 0 bridgehead atoms. The highest BCUT2D eigenvalue weighted by atomic mass is 35.5. The van der Waals surface area contributed by atoms with Crippen molar-refractivity contribution in [3.63, 3.8) is 0 Å². The number of anilines is 1. The molecule has 0 amide bonds. The van der Waals surface area contributed by atoms with Gasteiger partial charge in [-0.2, -0.15) is 0 Å². The lowest BCUT2D eigenvalue weighted by atomic mass is 10.1. The van der Waals surface area contributed by atoms with E-state index in [1.165, 1.54) is 12.8 Å². The van der Waals surface area contributed by atoms with Gasteiger partial charge in [-0.25, -0.2) is 0 Å². The van der Waals surface area contributed by atoms with Crippen LogP contribution in [0.5, 0.6) is 5.75 Å². The molecule has 1 saturated carbocycles. The first-order valence-corrected chi connectivity index (χ1v) is 6.43. The zero-order chi connectivity index (χ0) is 12.3. The largest absolute Gasteiger partial charge is 0.492 e. The molecule has 1 fully saturated rings. The molecule has 1 aromatic carbocycles. The second-order valence-corrected chi connectivity index (χ2v) is 5.04. The Bertz CT molecular complexity index is 391. The summed E-state index contributed by atoms with van der Waals surface area (Å²) in [7, 11) is 0. The standard InChI is InChI=1S/C13H19ClN2O/c1-2-17-12-4-3-10(7-11(12)14)16-9-13(8-15)5-6-13/h3-4,7,16H,2,5-6,8-9,15H2,1H3. The number of hydrogen-bond donors (Lipinski definition) is 2. The van der Waals surface area contributed by atoms with Gasteiger partial charge in [0.25, 0.3) is 0 Å². The van der Waals surface area contributed by atoms with Crippen molar-refractivity contribution in [1.82, 2.24) is 0 Å². The Hall–Kier alpha value is -0.930. The van der Waals surface area contributed by atoms with E-state index >= 15 is 0 Å². The summed E-state index contributed by atoms with van der Waals surface area (Å²) >= 11 is 6.12. The lowest BCUT2D eigenvalue weighted by molar-refractivity contribution is 0.340. The fraction of sp³-hybridized carbons (Fsp3) is 0.538. The van der Waals surface area contributed by atoms with E-state index in [4.69, 9.17) is 22.1 Å². The SMILES string of the molecule is CCOc1ccc(NCC2(CN)CC2)cc1Cl. The minimum absolute atomic E-state index is 0.324. The first-order valence-electron chi connectivity index (χ1n) is 6.05. The number of ether oxygens (including phenoxy) is 1. The van der Waals surface area contributed by atoms with E-state index in [1.54, 1.807) is 0 Å². The number of rotatable bonds is 6. The van der Waals surface area contributed by atoms with Crippen LogP contribution in [0.2, 0.25) is 5.02 Å². The Balaban J connectivity index is 1.95. The van der Waals surface area contributed by atoms with Gasteiger partial charge in [-0.1, -0.05) is 11.6 Å². The smallest absolute Gasteiger partial charge is 0.138 e. The van der Waals surface area contributed by atoms with Gasteiger partial charge in [0.05, 0.1) is 11.6 Å². The fourth-order valence-electron chi connectivity index (χ4n) is 1.80. The average Bonchev–Trinajstić information content (AvgIpc) is 3.11. The first-order chi connectivity index (χ1) is 8.19. The van der Waals surface area contributed by atoms with E-state index in [0.29, 0.717) is 17.0 Å². The quantitative estimate of drug-likeness (QED) is 0.821. The summed E-state index contributed by atoms with van der Waals surface area (Å²) < 4.78 is 5.39. The van der Waals surface area contributed by atoms with Crippen LogP contribution in [0.15, 0.2) is 18.2 Å². The van der Waals surface area contributed by atoms with E-state index < -0.39 is 0 Å². The van der Waals surface area contributed by atoms with Crippen LogP contribution in [0.1, 0.15) is 19.8 Å². The van der Waals surface area contributed by atoms with E-state index in [9.17, 15) is 0 Å². The van der Waals surface area contributed by atoms with Gasteiger partial charge < -0.3 is 15.8 Å². The maximum atomic E-state index is 6.12. The molecule has 4 heteroatoms. The van der Waals surface area contributed by atoms with Gasteiger partial charge in [0, 0.05) is 12.2 Å². The van der Waals surface area contributed by atoms with Gasteiger partial charge >= 0.3 is 0 Å². The molecule has 0 saturated heterocycles. The number of hydrogen-bond acceptors (Lipinski definition) is 3. The molecule has 0 aliphatic heterocycles. The van der Waals surface area contributed by atoms with Crippen LogP contribution in [0.4, 0.5) is 5.69 Å². The molecule has 0 unspecified atom stereocenters. The second kappa shape index (κ2) is 5.15. The topological polar surface area (TPSA) is 47.3 Å². The summed E-state index contributed by atoms with van der Waals surface area (Å²) in [5.74, 6) is 0.736. The van der Waals surface area contributed by atoms with Crippen LogP contribution in [-0.4, -0.2) is 19.7 Å². The van der Waals surface area contributed by atoms with Crippen molar-refractivity contribution in [2.24, 2.45) is 11.1 Å². The first kappa shape index (κ1) is 12.5. The molecular weight excluding hydrogens is 236 g/mol. The molecule has 1 aliphatic carbocycles. The fourth-order valence-corrected chi connectivity index (χ4v) is 2.04. The highest BCUT2D eigenvalue weighted by Gasteiger charge is 2.40. The molecule has 0 spiro atoms. The van der Waals surface area contributed by atoms with E-state index in [0.717, 1.165) is 24.5 Å². The molecule has 3 N–H and O–H groups in total. The Morgan fingerprint density at radius 2 is 2.24 bits per heavy atom. The van der Waals surface area contributed by atoms with E-state index in [1.807, 2.05) is 25.1 Å². The Kier molecular flexibility index (Phi) is 3.79. The highest BCUT2D eigenvalue weighted by Crippen LogP contribution is 2.44. The predicted octanol–water partition coefficient (Wildman–Crippen LogP) is 2.89. The summed E-state index contributed by atoms with van der Waals surface area (Å²) in [6.45, 7) is 4.25. The van der Waals surface area contributed by atoms with Crippen LogP contribution in [0.3, 0.4) is 0 Å². The number of nitrogens with two attached hydrogens (primary N) is 1. The molecule has 3 nitrogen and oxygen atoms in total. The van der Waals surface area contributed by atoms with Crippen molar-refractivity contribution in [2.45, 2.75) is 19.8 Å². The van der Waals surface area contributed by atoms with Crippen molar-refractivity contribution in [3.8, 4) is 5.75 Å². The molecule has 17 heavy (non-hydrogen) atoms. The van der Waals surface area contributed by atoms with Crippen LogP contribution >= 0.6 is 11.6 Å². The van der Waals surface area contributed by atoms with Crippen LogP contribution < -0.4 is 15.8 Å². The Labute approximate surface area is 107 Å². The lowest BCUT2D eigenvalue weighted by Crippen LogP contribution is -2.24. The van der Waals surface area contributed by atoms with Crippen LogP contribution in [0.25, 0.3) is 0 Å². The Morgan fingerprint density at radius 1 is 1.47 bits per heavy atom. The maximum Gasteiger partial charge on any atom is 0.138 e. The highest BCUT2D eigenvalue weighted by molar-refractivity contribution is 6.32. The third-order valence-electron chi connectivity index (χ3n) is 3.29. The van der Waals surface area contributed by atoms with Crippen molar-refractivity contribution in [1.29, 1.82) is 0 Å². The number of benzene rings is 1. The molecule has 0 atom stereocenters. The number of halogens is 1. The molecule has 1 aromatic rings. The minimum atomic E-state index is 0.324. The van der Waals surface area contributed by atoms with Crippen molar-refractivity contribution in [3.05, 3.63) is 23.2 Å². The Morgan fingerprint density at radius 3 is 2.76 bits per heavy atom. The summed E-state index contributed by atoms with van der Waals surface area (Å²) in [5.41, 5.74) is 7.09. The van der Waals surface area contributed by atoms with E-state index in [2.05, 4.69) is 5.32 Å². The minimum Gasteiger partial charge on any atom is -0.492 e. The second-order valence-electron chi connectivity index (χ2n) is 4.64. The summed E-state index contributed by atoms with van der Waals surface area (Å²) in [6, 6.07) is 5.79. The predicted molar refractivity (Wildman–Crippen MR) is 71.8 cm³/mol. The van der Waals surface area contributed by atoms with Crippen molar-refractivity contribution >= 4 is 17.3 Å². The molecule has 2 rings (SSSR count). The van der Waals surface area contributed by atoms with Gasteiger partial charge in [-0.15, -0.1) is 0 Å². The third-order valence-corrected chi connectivity index (χ3v) is 3.58. The van der Waals surface area contributed by atoms with Crippen molar-refractivity contribution in [2.75, 3.05) is 25.0 Å². The third kappa shape index (κ3) is 3.05. The zero-order valence-electron chi connectivity index (χ0n) is 10.1. The normalized spacial score (nSPS) is 16.6. The van der Waals surface area contributed by atoms with Gasteiger partial charge in [0.1, 0.15) is 5.75 Å². The molecule has 0 aromatic heterocycles. The van der Waals surface area contributed by atoms with Gasteiger partial charge in [0.15, 0.2) is 0 Å². The summed E-state index contributed by atoms with van der Waals surface area (Å²) in [5, 5.41) is 4.04. The zero-order valence-corrected chi connectivity index (χ0v) is 10.9. The molecule has 94 valence electrons. The van der Waals surface area contributed by atoms with E-state index in [-0.39, 0.29) is 0 Å².